The van der Waals surface area contributed by atoms with Crippen LogP contribution in [0.5, 0.6) is 11.5 Å². The van der Waals surface area contributed by atoms with E-state index in [2.05, 4.69) is 250 Å². The second-order valence-corrected chi connectivity index (χ2v) is 24.9. The maximum Gasteiger partial charge on any atom is 0.159 e. The summed E-state index contributed by atoms with van der Waals surface area (Å²) in [4.78, 5) is 4.78. The fourth-order valence-corrected chi connectivity index (χ4v) is 12.1. The third-order valence-electron chi connectivity index (χ3n) is 14.2. The Bertz CT molecular complexity index is 4040. The number of benzene rings is 11. The molecule has 0 N–H and O–H groups in total. The molecule has 1 aromatic heterocycles. The van der Waals surface area contributed by atoms with Gasteiger partial charge in [-0.2, -0.15) is 0 Å². The molecule has 0 aliphatic carbocycles. The molecule has 0 fully saturated rings. The van der Waals surface area contributed by atoms with Gasteiger partial charge in [0, 0.05) is 55.8 Å². The molecule has 0 bridgehead atoms. The van der Waals surface area contributed by atoms with Crippen molar-refractivity contribution >= 4 is 102 Å². The minimum absolute atomic E-state index is 0.843. The number of aryl methyl sites for hydroxylation is 2. The van der Waals surface area contributed by atoms with Crippen molar-refractivity contribution in [2.45, 2.75) is 33.5 Å². The molecule has 5 heteroatoms. The molecule has 0 saturated heterocycles. The average molecular weight is 919 g/mol. The van der Waals surface area contributed by atoms with Crippen LogP contribution >= 0.6 is 0 Å². The fourth-order valence-electron chi connectivity index (χ4n) is 10.9. The van der Waals surface area contributed by atoms with Crippen LogP contribution in [0.15, 0.2) is 217 Å². The second-order valence-electron chi connectivity index (χ2n) is 19.9. The van der Waals surface area contributed by atoms with E-state index >= 15 is 0 Å². The first-order valence-electron chi connectivity index (χ1n) is 24.2. The lowest BCUT2D eigenvalue weighted by molar-refractivity contribution is 0.487. The first kappa shape index (κ1) is 41.8. The molecule has 0 saturated carbocycles. The van der Waals surface area contributed by atoms with Gasteiger partial charge in [0.05, 0.1) is 25.1 Å². The van der Waals surface area contributed by atoms with Crippen molar-refractivity contribution in [3.05, 3.63) is 223 Å². The normalized spacial score (nSPS) is 12.2. The highest BCUT2D eigenvalue weighted by Gasteiger charge is 2.29. The molecular formula is C65H50N2O2Si. The number of anilines is 6. The standard InChI is InChI=1S/C65H50N2O2Si/c1-41-27-33-49-53(35-41)54-39-57-51-34-30-46(66(44-19-10-7-11-20-44)45-28-31-47(32-29-45)70(3,4)5)38-62(51)68-63-37-42(2)36-56(64(57)63)55(54)40-60(49)67(58-24-14-12-21-48(58)43-17-8-6-9-18-43)59-25-16-23-52-50-22-13-15-26-61(50)69-65(52)59/h6-40H,1-5H3. The average Bonchev–Trinajstić information content (AvgIpc) is 3.77. The van der Waals surface area contributed by atoms with Gasteiger partial charge >= 0.3 is 0 Å². The van der Waals surface area contributed by atoms with E-state index in [1.54, 1.807) is 0 Å². The Hall–Kier alpha value is -8.38. The van der Waals surface area contributed by atoms with E-state index in [1.165, 1.54) is 27.1 Å². The highest BCUT2D eigenvalue weighted by Crippen LogP contribution is 2.54. The Balaban J connectivity index is 1.06. The Morgan fingerprint density at radius 2 is 1.03 bits per heavy atom. The molecule has 13 rings (SSSR count). The quantitative estimate of drug-likeness (QED) is 0.112. The molecule has 11 aromatic carbocycles. The van der Waals surface area contributed by atoms with Crippen molar-refractivity contribution in [2.75, 3.05) is 9.80 Å². The predicted octanol–water partition coefficient (Wildman–Crippen LogP) is 18.6. The first-order valence-corrected chi connectivity index (χ1v) is 27.7. The van der Waals surface area contributed by atoms with Crippen molar-refractivity contribution < 1.29 is 9.15 Å². The first-order chi connectivity index (χ1) is 34.2. The lowest BCUT2D eigenvalue weighted by Crippen LogP contribution is -2.37. The second kappa shape index (κ2) is 16.1. The summed E-state index contributed by atoms with van der Waals surface area (Å²) in [6, 6.07) is 77.3. The van der Waals surface area contributed by atoms with Crippen LogP contribution in [0.3, 0.4) is 0 Å². The van der Waals surface area contributed by atoms with Gasteiger partial charge in [0.2, 0.25) is 0 Å². The van der Waals surface area contributed by atoms with E-state index < -0.39 is 8.07 Å². The Morgan fingerprint density at radius 3 is 1.84 bits per heavy atom. The largest absolute Gasteiger partial charge is 0.456 e. The Morgan fingerprint density at radius 1 is 0.371 bits per heavy atom. The highest BCUT2D eigenvalue weighted by atomic mass is 28.3. The predicted molar refractivity (Wildman–Crippen MR) is 299 cm³/mol. The molecule has 0 amide bonds. The summed E-state index contributed by atoms with van der Waals surface area (Å²) < 4.78 is 14.0. The summed E-state index contributed by atoms with van der Waals surface area (Å²) in [5, 5.41) is 10.6. The third-order valence-corrected chi connectivity index (χ3v) is 16.3. The molecule has 0 spiro atoms. The van der Waals surface area contributed by atoms with Crippen molar-refractivity contribution in [3.63, 3.8) is 0 Å². The zero-order valence-electron chi connectivity index (χ0n) is 39.9. The molecule has 336 valence electrons. The lowest BCUT2D eigenvalue weighted by atomic mass is 9.87. The monoisotopic (exact) mass is 918 g/mol. The summed E-state index contributed by atoms with van der Waals surface area (Å²) in [7, 11) is -1.49. The maximum absolute atomic E-state index is 7.13. The summed E-state index contributed by atoms with van der Waals surface area (Å²) in [5.74, 6) is 1.71. The number of fused-ring (bicyclic) bond motifs is 9. The van der Waals surface area contributed by atoms with Crippen LogP contribution in [0.4, 0.5) is 34.1 Å². The summed E-state index contributed by atoms with van der Waals surface area (Å²) in [5.41, 5.74) is 14.9. The van der Waals surface area contributed by atoms with Gasteiger partial charge in [0.25, 0.3) is 0 Å². The van der Waals surface area contributed by atoms with Crippen molar-refractivity contribution in [3.8, 4) is 33.8 Å². The van der Waals surface area contributed by atoms with E-state index in [0.29, 0.717) is 0 Å². The molecule has 0 atom stereocenters. The van der Waals surface area contributed by atoms with Crippen molar-refractivity contribution in [1.29, 1.82) is 0 Å². The maximum atomic E-state index is 7.13. The van der Waals surface area contributed by atoms with Crippen LogP contribution in [0, 0.1) is 13.8 Å². The van der Waals surface area contributed by atoms with Crippen LogP contribution in [0.25, 0.3) is 76.5 Å². The molecule has 0 unspecified atom stereocenters. The molecular weight excluding hydrogens is 869 g/mol. The van der Waals surface area contributed by atoms with E-state index in [-0.39, 0.29) is 0 Å². The van der Waals surface area contributed by atoms with Gasteiger partial charge in [-0.3, -0.25) is 0 Å². The zero-order chi connectivity index (χ0) is 47.3. The Labute approximate surface area is 409 Å². The fraction of sp³-hybridized carbons (Fsp3) is 0.0769. The number of nitrogens with zero attached hydrogens (tertiary/aromatic N) is 2. The van der Waals surface area contributed by atoms with Gasteiger partial charge in [0.15, 0.2) is 5.58 Å². The number of rotatable bonds is 8. The highest BCUT2D eigenvalue weighted by molar-refractivity contribution is 6.88. The molecule has 1 aliphatic heterocycles. The van der Waals surface area contributed by atoms with Gasteiger partial charge < -0.3 is 19.0 Å². The smallest absolute Gasteiger partial charge is 0.159 e. The van der Waals surface area contributed by atoms with Gasteiger partial charge in [-0.15, -0.1) is 0 Å². The number of furan rings is 1. The van der Waals surface area contributed by atoms with Gasteiger partial charge in [-0.05, 0) is 125 Å². The van der Waals surface area contributed by atoms with Crippen LogP contribution in [-0.2, 0) is 0 Å². The minimum Gasteiger partial charge on any atom is -0.456 e. The number of ether oxygens (including phenoxy) is 1. The van der Waals surface area contributed by atoms with E-state index in [1.807, 2.05) is 6.07 Å². The Kier molecular flexibility index (Phi) is 9.62. The van der Waals surface area contributed by atoms with Crippen LogP contribution in [0.2, 0.25) is 19.6 Å². The van der Waals surface area contributed by atoms with Gasteiger partial charge in [0.1, 0.15) is 17.1 Å². The number of hydrogen-bond donors (Lipinski definition) is 0. The summed E-state index contributed by atoms with van der Waals surface area (Å²) >= 11 is 0. The van der Waals surface area contributed by atoms with Gasteiger partial charge in [-0.25, -0.2) is 0 Å². The molecule has 12 aromatic rings. The van der Waals surface area contributed by atoms with E-state index in [0.717, 1.165) is 111 Å². The molecule has 1 aliphatic rings. The minimum atomic E-state index is -1.49. The molecule has 2 heterocycles. The van der Waals surface area contributed by atoms with Crippen molar-refractivity contribution in [2.24, 2.45) is 0 Å². The molecule has 4 nitrogen and oxygen atoms in total. The molecule has 70 heavy (non-hydrogen) atoms. The third kappa shape index (κ3) is 6.80. The van der Waals surface area contributed by atoms with Crippen LogP contribution in [-0.4, -0.2) is 8.07 Å². The zero-order valence-corrected chi connectivity index (χ0v) is 40.9. The summed E-state index contributed by atoms with van der Waals surface area (Å²) in [6.45, 7) is 11.6. The number of hydrogen-bond acceptors (Lipinski definition) is 4. The van der Waals surface area contributed by atoms with Crippen LogP contribution < -0.4 is 19.7 Å². The summed E-state index contributed by atoms with van der Waals surface area (Å²) in [6.07, 6.45) is 0. The topological polar surface area (TPSA) is 28.9 Å². The van der Waals surface area contributed by atoms with Crippen molar-refractivity contribution in [1.82, 2.24) is 0 Å². The van der Waals surface area contributed by atoms with Gasteiger partial charge in [-0.1, -0.05) is 164 Å². The molecule has 0 radical (unpaired) electrons. The van der Waals surface area contributed by atoms with Crippen LogP contribution in [0.1, 0.15) is 11.1 Å². The number of para-hydroxylation sites is 4. The van der Waals surface area contributed by atoms with E-state index in [4.69, 9.17) is 9.15 Å². The van der Waals surface area contributed by atoms with E-state index in [9.17, 15) is 0 Å². The lowest BCUT2D eigenvalue weighted by Gasteiger charge is -2.31. The SMILES string of the molecule is Cc1ccc2c(N(c3ccccc3-c3ccccc3)c3cccc4c3oc3ccccc34)cc3c4cc(C)cc5c4c(cc3c2c1)-c1ccc(N(c2ccccc2)c2ccc([Si](C)(C)C)cc2)cc1O5.